The number of aliphatic carboxylic acids is 1. The van der Waals surface area contributed by atoms with Crippen LogP contribution in [0, 0.1) is 0 Å². The summed E-state index contributed by atoms with van der Waals surface area (Å²) in [5.74, 6) is -1.56. The molecule has 13 heteroatoms. The minimum atomic E-state index is -5.06. The molecule has 1 atom stereocenters. The summed E-state index contributed by atoms with van der Waals surface area (Å²) in [6, 6.07) is 6.70. The zero-order chi connectivity index (χ0) is 25.7. The van der Waals surface area contributed by atoms with Crippen LogP contribution in [0.15, 0.2) is 35.7 Å². The molecule has 0 fully saturated rings. The lowest BCUT2D eigenvalue weighted by atomic mass is 10.1. The number of carbonyl (C=O) groups is 1. The summed E-state index contributed by atoms with van der Waals surface area (Å²) in [7, 11) is -3.58. The zero-order valence-corrected chi connectivity index (χ0v) is 20.3. The van der Waals surface area contributed by atoms with E-state index in [9.17, 15) is 31.3 Å². The quantitative estimate of drug-likeness (QED) is 0.421. The zero-order valence-electron chi connectivity index (χ0n) is 18.7. The Morgan fingerprint density at radius 1 is 0.912 bits per heavy atom. The van der Waals surface area contributed by atoms with Gasteiger partial charge in [-0.05, 0) is 23.8 Å². The normalized spacial score (nSPS) is 12.9. The minimum absolute atomic E-state index is 0.0732. The molecule has 0 aliphatic rings. The highest BCUT2D eigenvalue weighted by atomic mass is 32.2. The highest BCUT2D eigenvalue weighted by Crippen LogP contribution is 2.36. The van der Waals surface area contributed by atoms with Crippen molar-refractivity contribution in [2.75, 3.05) is 28.4 Å². The molecule has 1 unspecified atom stereocenters. The number of methoxy groups -OCH3 is 4. The summed E-state index contributed by atoms with van der Waals surface area (Å²) in [5, 5.41) is 7.86. The first-order valence-electron chi connectivity index (χ1n) is 9.43. The van der Waals surface area contributed by atoms with Gasteiger partial charge in [0, 0.05) is 23.1 Å². The first-order valence-corrected chi connectivity index (χ1v) is 12.7. The third-order valence-electron chi connectivity index (χ3n) is 4.66. The molecule has 0 amide bonds. The topological polar surface area (TPSA) is 163 Å². The first-order chi connectivity index (χ1) is 15.9. The number of carboxylic acids is 1. The SMILES string of the molecule is COc1cc(OC)c(/C=C/S(=O)(=O)Cc2ccc(OC)c(C(C(=O)O)S(=O)(=O)O)c2)c(OC)c1. The Balaban J connectivity index is 2.47. The predicted molar refractivity (Wildman–Crippen MR) is 123 cm³/mol. The van der Waals surface area contributed by atoms with Crippen LogP contribution >= 0.6 is 0 Å². The summed E-state index contributed by atoms with van der Waals surface area (Å²) in [4.78, 5) is 11.5. The van der Waals surface area contributed by atoms with Gasteiger partial charge in [0.05, 0.1) is 39.8 Å². The molecule has 0 saturated heterocycles. The Bertz CT molecular complexity index is 1270. The number of hydrogen-bond donors (Lipinski definition) is 2. The highest BCUT2D eigenvalue weighted by molar-refractivity contribution is 7.93. The molecule has 2 aromatic carbocycles. The molecule has 186 valence electrons. The van der Waals surface area contributed by atoms with Gasteiger partial charge >= 0.3 is 5.97 Å². The largest absolute Gasteiger partial charge is 0.496 e. The van der Waals surface area contributed by atoms with Crippen LogP contribution in [0.4, 0.5) is 0 Å². The maximum Gasteiger partial charge on any atom is 0.329 e. The Kier molecular flexibility index (Phi) is 8.53. The second-order valence-electron chi connectivity index (χ2n) is 6.87. The van der Waals surface area contributed by atoms with E-state index in [0.717, 1.165) is 11.5 Å². The predicted octanol–water partition coefficient (Wildman–Crippen LogP) is 2.32. The van der Waals surface area contributed by atoms with Gasteiger partial charge in [0.1, 0.15) is 23.0 Å². The van der Waals surface area contributed by atoms with Gasteiger partial charge in [-0.25, -0.2) is 8.42 Å². The van der Waals surface area contributed by atoms with Crippen LogP contribution in [-0.2, 0) is 30.5 Å². The van der Waals surface area contributed by atoms with Crippen molar-refractivity contribution in [2.24, 2.45) is 0 Å². The van der Waals surface area contributed by atoms with E-state index in [2.05, 4.69) is 0 Å². The molecule has 2 rings (SSSR count). The third-order valence-corrected chi connectivity index (χ3v) is 7.00. The Morgan fingerprint density at radius 3 is 1.91 bits per heavy atom. The Morgan fingerprint density at radius 2 is 1.47 bits per heavy atom. The van der Waals surface area contributed by atoms with Gasteiger partial charge in [0.15, 0.2) is 9.84 Å². The average molecular weight is 517 g/mol. The van der Waals surface area contributed by atoms with Crippen molar-refractivity contribution in [1.29, 1.82) is 0 Å². The van der Waals surface area contributed by atoms with E-state index in [1.165, 1.54) is 46.6 Å². The Hall–Kier alpha value is -3.29. The van der Waals surface area contributed by atoms with Gasteiger partial charge in [-0.15, -0.1) is 0 Å². The highest BCUT2D eigenvalue weighted by Gasteiger charge is 2.35. The maximum absolute atomic E-state index is 12.8. The van der Waals surface area contributed by atoms with E-state index in [-0.39, 0.29) is 11.3 Å². The fraction of sp³-hybridized carbons (Fsp3) is 0.286. The van der Waals surface area contributed by atoms with Gasteiger partial charge in [-0.3, -0.25) is 9.35 Å². The fourth-order valence-corrected chi connectivity index (χ4v) is 4.99. The standard InChI is InChI=1S/C21H24O11S2/c1-29-14-10-18(31-3)15(19(11-14)32-4)7-8-33(24,25)12-13-5-6-17(30-2)16(9-13)20(21(22)23)34(26,27)28/h5-11,20H,12H2,1-4H3,(H,22,23)(H,26,27,28)/b8-7+. The second-order valence-corrected chi connectivity index (χ2v) is 10.3. The van der Waals surface area contributed by atoms with Crippen molar-refractivity contribution < 1.29 is 50.2 Å². The summed E-state index contributed by atoms with van der Waals surface area (Å²) in [5.41, 5.74) is -0.00112. The smallest absolute Gasteiger partial charge is 0.329 e. The first kappa shape index (κ1) is 27.0. The number of ether oxygens (including phenoxy) is 4. The molecule has 0 radical (unpaired) electrons. The van der Waals surface area contributed by atoms with Gasteiger partial charge in [0.25, 0.3) is 10.1 Å². The molecule has 11 nitrogen and oxygen atoms in total. The van der Waals surface area contributed by atoms with Gasteiger partial charge in [-0.2, -0.15) is 8.42 Å². The third kappa shape index (κ3) is 6.40. The molecule has 0 aromatic heterocycles. The van der Waals surface area contributed by atoms with Crippen LogP contribution in [-0.4, -0.2) is 60.9 Å². The summed E-state index contributed by atoms with van der Waals surface area (Å²) in [6.07, 6.45) is 1.27. The van der Waals surface area contributed by atoms with Crippen molar-refractivity contribution in [3.63, 3.8) is 0 Å². The van der Waals surface area contributed by atoms with Crippen LogP contribution in [0.2, 0.25) is 0 Å². The molecule has 0 aliphatic carbocycles. The lowest BCUT2D eigenvalue weighted by Crippen LogP contribution is -2.22. The summed E-state index contributed by atoms with van der Waals surface area (Å²) in [6.45, 7) is 0. The molecule has 0 aliphatic heterocycles. The van der Waals surface area contributed by atoms with E-state index < -0.39 is 42.5 Å². The summed E-state index contributed by atoms with van der Waals surface area (Å²) >= 11 is 0. The van der Waals surface area contributed by atoms with Crippen molar-refractivity contribution in [2.45, 2.75) is 11.0 Å². The Labute approximate surface area is 197 Å². The molecule has 34 heavy (non-hydrogen) atoms. The number of sulfone groups is 1. The lowest BCUT2D eigenvalue weighted by Gasteiger charge is -2.15. The monoisotopic (exact) mass is 516 g/mol. The van der Waals surface area contributed by atoms with Crippen molar-refractivity contribution in [3.8, 4) is 23.0 Å². The van der Waals surface area contributed by atoms with Crippen LogP contribution in [0.1, 0.15) is 21.9 Å². The molecule has 0 saturated carbocycles. The molecule has 2 aromatic rings. The summed E-state index contributed by atoms with van der Waals surface area (Å²) < 4.78 is 78.8. The van der Waals surface area contributed by atoms with E-state index >= 15 is 0 Å². The van der Waals surface area contributed by atoms with Crippen molar-refractivity contribution in [1.82, 2.24) is 0 Å². The van der Waals surface area contributed by atoms with E-state index in [1.54, 1.807) is 12.1 Å². The number of carboxylic acid groups (broad SMARTS) is 1. The number of benzene rings is 2. The van der Waals surface area contributed by atoms with E-state index in [0.29, 0.717) is 22.8 Å². The second kappa shape index (κ2) is 10.8. The van der Waals surface area contributed by atoms with Gasteiger partial charge < -0.3 is 24.1 Å². The maximum atomic E-state index is 12.8. The van der Waals surface area contributed by atoms with Crippen LogP contribution in [0.5, 0.6) is 23.0 Å². The molecule has 0 spiro atoms. The van der Waals surface area contributed by atoms with Crippen LogP contribution in [0.3, 0.4) is 0 Å². The van der Waals surface area contributed by atoms with Crippen LogP contribution < -0.4 is 18.9 Å². The van der Waals surface area contributed by atoms with Gasteiger partial charge in [-0.1, -0.05) is 6.07 Å². The molecular formula is C21H24O11S2. The average Bonchev–Trinajstić information content (AvgIpc) is 2.75. The fourth-order valence-electron chi connectivity index (χ4n) is 3.15. The molecule has 0 heterocycles. The van der Waals surface area contributed by atoms with Crippen molar-refractivity contribution in [3.05, 3.63) is 52.4 Å². The lowest BCUT2D eigenvalue weighted by molar-refractivity contribution is -0.136. The van der Waals surface area contributed by atoms with Gasteiger partial charge in [0.2, 0.25) is 5.25 Å². The van der Waals surface area contributed by atoms with E-state index in [1.807, 2.05) is 0 Å². The van der Waals surface area contributed by atoms with Crippen LogP contribution in [0.25, 0.3) is 6.08 Å². The van der Waals surface area contributed by atoms with E-state index in [4.69, 9.17) is 18.9 Å². The number of rotatable bonds is 11. The minimum Gasteiger partial charge on any atom is -0.496 e. The molecule has 0 bridgehead atoms. The molecular weight excluding hydrogens is 492 g/mol. The number of hydrogen-bond acceptors (Lipinski definition) is 9. The molecule has 2 N–H and O–H groups in total. The van der Waals surface area contributed by atoms with Crippen molar-refractivity contribution >= 4 is 32.0 Å².